The number of pyridine rings is 1. The molecule has 2 aromatic heterocycles. The molecule has 8 heteroatoms. The van der Waals surface area contributed by atoms with Gasteiger partial charge in [0.2, 0.25) is 0 Å². The Labute approximate surface area is 172 Å². The minimum atomic E-state index is -0.388. The van der Waals surface area contributed by atoms with Crippen molar-refractivity contribution in [1.82, 2.24) is 14.5 Å². The average Bonchev–Trinajstić information content (AvgIpc) is 2.71. The monoisotopic (exact) mass is 411 g/mol. The van der Waals surface area contributed by atoms with Crippen LogP contribution in [0, 0.1) is 0 Å². The molecule has 1 aromatic carbocycles. The lowest BCUT2D eigenvalue weighted by atomic mass is 9.95. The van der Waals surface area contributed by atoms with Gasteiger partial charge in [0.05, 0.1) is 41.8 Å². The Morgan fingerprint density at radius 2 is 2.03 bits per heavy atom. The minimum Gasteiger partial charge on any atom is -0.468 e. The van der Waals surface area contributed by atoms with Crippen LogP contribution in [0.1, 0.15) is 25.1 Å². The Morgan fingerprint density at radius 1 is 1.28 bits per heavy atom. The number of rotatable bonds is 4. The van der Waals surface area contributed by atoms with E-state index in [0.717, 1.165) is 23.0 Å². The normalized spacial score (nSPS) is 15.1. The van der Waals surface area contributed by atoms with Crippen LogP contribution < -0.4 is 5.56 Å². The maximum Gasteiger partial charge on any atom is 0.316 e. The molecule has 1 aliphatic rings. The Morgan fingerprint density at radius 3 is 2.76 bits per heavy atom. The summed E-state index contributed by atoms with van der Waals surface area (Å²) in [6, 6.07) is 11.1. The highest BCUT2D eigenvalue weighted by Crippen LogP contribution is 2.29. The number of aromatic nitrogens is 3. The van der Waals surface area contributed by atoms with Crippen molar-refractivity contribution in [2.75, 3.05) is 12.9 Å². The molecule has 0 atom stereocenters. The molecular weight excluding hydrogens is 390 g/mol. The maximum absolute atomic E-state index is 13.4. The van der Waals surface area contributed by atoms with Crippen LogP contribution in [0.5, 0.6) is 0 Å². The first-order valence-electron chi connectivity index (χ1n) is 9.22. The highest BCUT2D eigenvalue weighted by molar-refractivity contribution is 7.99. The van der Waals surface area contributed by atoms with Gasteiger partial charge in [-0.3, -0.25) is 14.2 Å². The molecule has 0 N–H and O–H groups in total. The first-order valence-corrected chi connectivity index (χ1v) is 10.2. The van der Waals surface area contributed by atoms with Crippen LogP contribution >= 0.6 is 11.8 Å². The van der Waals surface area contributed by atoms with Crippen molar-refractivity contribution < 1.29 is 14.3 Å². The van der Waals surface area contributed by atoms with E-state index in [1.165, 1.54) is 11.7 Å². The smallest absolute Gasteiger partial charge is 0.316 e. The molecule has 150 valence electrons. The summed E-state index contributed by atoms with van der Waals surface area (Å²) in [5, 5.41) is 0.830. The summed E-state index contributed by atoms with van der Waals surface area (Å²) in [6.07, 6.45) is 0.645. The first-order chi connectivity index (χ1) is 13.9. The second-order valence-corrected chi connectivity index (χ2v) is 8.37. The van der Waals surface area contributed by atoms with Gasteiger partial charge in [-0.25, -0.2) is 9.97 Å². The zero-order valence-electron chi connectivity index (χ0n) is 16.5. The number of methoxy groups -OCH3 is 1. The van der Waals surface area contributed by atoms with Gasteiger partial charge in [0.1, 0.15) is 0 Å². The third kappa shape index (κ3) is 3.90. The average molecular weight is 411 g/mol. The number of thioether (sulfide) groups is 1. The summed E-state index contributed by atoms with van der Waals surface area (Å²) in [4.78, 5) is 34.4. The number of nitrogens with zero attached hydrogens (tertiary/aromatic N) is 3. The predicted molar refractivity (Wildman–Crippen MR) is 110 cm³/mol. The van der Waals surface area contributed by atoms with Gasteiger partial charge in [0, 0.05) is 12.0 Å². The van der Waals surface area contributed by atoms with E-state index >= 15 is 0 Å². The molecule has 0 saturated carbocycles. The highest BCUT2D eigenvalue weighted by atomic mass is 32.2. The van der Waals surface area contributed by atoms with Gasteiger partial charge < -0.3 is 9.47 Å². The summed E-state index contributed by atoms with van der Waals surface area (Å²) >= 11 is 1.15. The number of carbonyl (C=O) groups is 1. The topological polar surface area (TPSA) is 83.3 Å². The molecule has 0 spiro atoms. The Balaban J connectivity index is 1.90. The largest absolute Gasteiger partial charge is 0.468 e. The summed E-state index contributed by atoms with van der Waals surface area (Å²) in [6.45, 7) is 4.44. The minimum absolute atomic E-state index is 0.0487. The third-order valence-electron chi connectivity index (χ3n) is 4.77. The Hall–Kier alpha value is -2.71. The van der Waals surface area contributed by atoms with Crippen molar-refractivity contribution in [2.24, 2.45) is 0 Å². The molecule has 0 unspecified atom stereocenters. The van der Waals surface area contributed by atoms with E-state index in [-0.39, 0.29) is 22.9 Å². The van der Waals surface area contributed by atoms with E-state index in [1.807, 2.05) is 50.2 Å². The summed E-state index contributed by atoms with van der Waals surface area (Å²) in [5.74, 6) is -0.339. The van der Waals surface area contributed by atoms with Crippen molar-refractivity contribution in [3.63, 3.8) is 0 Å². The fraction of sp³-hybridized carbons (Fsp3) is 0.333. The number of esters is 1. The van der Waals surface area contributed by atoms with E-state index in [2.05, 4.69) is 9.97 Å². The third-order valence-corrected chi connectivity index (χ3v) is 5.68. The van der Waals surface area contributed by atoms with Crippen LogP contribution in [0.2, 0.25) is 0 Å². The lowest BCUT2D eigenvalue weighted by Gasteiger charge is -2.31. The second-order valence-electron chi connectivity index (χ2n) is 7.43. The Bertz CT molecular complexity index is 1140. The lowest BCUT2D eigenvalue weighted by molar-refractivity contribution is -0.137. The quantitative estimate of drug-likeness (QED) is 0.371. The number of hydrogen-bond acceptors (Lipinski definition) is 7. The van der Waals surface area contributed by atoms with Crippen LogP contribution in [-0.2, 0) is 27.3 Å². The number of fused-ring (bicyclic) bond motifs is 2. The Kier molecular flexibility index (Phi) is 5.14. The lowest BCUT2D eigenvalue weighted by Crippen LogP contribution is -2.33. The molecule has 0 fully saturated rings. The molecular formula is C21H21N3O4S. The van der Waals surface area contributed by atoms with Crippen LogP contribution in [0.4, 0.5) is 0 Å². The molecule has 3 heterocycles. The van der Waals surface area contributed by atoms with Gasteiger partial charge in [-0.2, -0.15) is 0 Å². The second kappa shape index (κ2) is 7.61. The van der Waals surface area contributed by atoms with E-state index in [1.54, 1.807) is 0 Å². The molecule has 0 aliphatic carbocycles. The molecule has 0 bridgehead atoms. The summed E-state index contributed by atoms with van der Waals surface area (Å²) in [5.41, 5.74) is 2.32. The standard InChI is InChI=1S/C21H21N3O4S/c1-21(2)10-16-13(11-28-21)9-15-18(22-16)23-20(29-12-17(25)27-3)24(19(15)26)14-7-5-4-6-8-14/h4-9H,10-12H2,1-3H3. The molecule has 1 aliphatic heterocycles. The van der Waals surface area contributed by atoms with Crippen LogP contribution in [-0.4, -0.2) is 39.0 Å². The molecule has 7 nitrogen and oxygen atoms in total. The molecule has 0 radical (unpaired) electrons. The predicted octanol–water partition coefficient (Wildman–Crippen LogP) is 2.90. The van der Waals surface area contributed by atoms with Crippen molar-refractivity contribution in [3.8, 4) is 5.69 Å². The molecule has 3 aromatic rings. The van der Waals surface area contributed by atoms with E-state index < -0.39 is 0 Å². The number of ether oxygens (including phenoxy) is 2. The fourth-order valence-electron chi connectivity index (χ4n) is 3.26. The summed E-state index contributed by atoms with van der Waals surface area (Å²) in [7, 11) is 1.33. The molecule has 4 rings (SSSR count). The van der Waals surface area contributed by atoms with E-state index in [0.29, 0.717) is 34.9 Å². The fourth-order valence-corrected chi connectivity index (χ4v) is 4.10. The van der Waals surface area contributed by atoms with Gasteiger partial charge in [-0.05, 0) is 32.0 Å². The number of hydrogen-bond donors (Lipinski definition) is 0. The van der Waals surface area contributed by atoms with Crippen LogP contribution in [0.3, 0.4) is 0 Å². The summed E-state index contributed by atoms with van der Waals surface area (Å²) < 4.78 is 12.1. The van der Waals surface area contributed by atoms with Crippen molar-refractivity contribution in [1.29, 1.82) is 0 Å². The molecule has 0 saturated heterocycles. The zero-order chi connectivity index (χ0) is 20.6. The van der Waals surface area contributed by atoms with Crippen molar-refractivity contribution >= 4 is 28.8 Å². The van der Waals surface area contributed by atoms with E-state index in [9.17, 15) is 9.59 Å². The van der Waals surface area contributed by atoms with Crippen molar-refractivity contribution in [2.45, 2.75) is 37.6 Å². The highest BCUT2D eigenvalue weighted by Gasteiger charge is 2.28. The van der Waals surface area contributed by atoms with Gasteiger partial charge >= 0.3 is 5.97 Å². The maximum atomic E-state index is 13.4. The van der Waals surface area contributed by atoms with Crippen molar-refractivity contribution in [3.05, 3.63) is 58.0 Å². The molecule has 0 amide bonds. The first kappa shape index (κ1) is 19.6. The number of para-hydroxylation sites is 1. The van der Waals surface area contributed by atoms with Crippen LogP contribution in [0.25, 0.3) is 16.7 Å². The van der Waals surface area contributed by atoms with Crippen LogP contribution in [0.15, 0.2) is 46.3 Å². The zero-order valence-corrected chi connectivity index (χ0v) is 17.3. The SMILES string of the molecule is COC(=O)CSc1nc2nc3c(cc2c(=O)n1-c1ccccc1)COC(C)(C)C3. The van der Waals surface area contributed by atoms with Gasteiger partial charge in [-0.15, -0.1) is 0 Å². The van der Waals surface area contributed by atoms with Gasteiger partial charge in [0.25, 0.3) is 5.56 Å². The van der Waals surface area contributed by atoms with E-state index in [4.69, 9.17) is 9.47 Å². The molecule has 29 heavy (non-hydrogen) atoms. The number of benzene rings is 1. The van der Waals surface area contributed by atoms with Gasteiger partial charge in [0.15, 0.2) is 10.8 Å². The van der Waals surface area contributed by atoms with Gasteiger partial charge in [-0.1, -0.05) is 30.0 Å². The number of carbonyl (C=O) groups excluding carboxylic acids is 1.